The van der Waals surface area contributed by atoms with Gasteiger partial charge in [-0.05, 0) is 58.0 Å². The zero-order chi connectivity index (χ0) is 15.1. The molecule has 0 bridgehead atoms. The van der Waals surface area contributed by atoms with E-state index in [1.165, 1.54) is 18.4 Å². The number of nitrogens with zero attached hydrogens (tertiary/aromatic N) is 1. The van der Waals surface area contributed by atoms with Gasteiger partial charge in [0.15, 0.2) is 11.5 Å². The van der Waals surface area contributed by atoms with Gasteiger partial charge in [0, 0.05) is 19.1 Å². The van der Waals surface area contributed by atoms with Crippen LogP contribution in [0.1, 0.15) is 31.7 Å². The van der Waals surface area contributed by atoms with Crippen LogP contribution in [0.4, 0.5) is 0 Å². The summed E-state index contributed by atoms with van der Waals surface area (Å²) in [6.07, 6.45) is 3.64. The lowest BCUT2D eigenvalue weighted by Crippen LogP contribution is -2.16. The Labute approximate surface area is 128 Å². The van der Waals surface area contributed by atoms with Crippen molar-refractivity contribution in [2.24, 2.45) is 0 Å². The van der Waals surface area contributed by atoms with Crippen LogP contribution in [0.5, 0.6) is 11.5 Å². The summed E-state index contributed by atoms with van der Waals surface area (Å²) < 4.78 is 11.6. The van der Waals surface area contributed by atoms with Crippen LogP contribution in [0.3, 0.4) is 0 Å². The van der Waals surface area contributed by atoms with Crippen LogP contribution in [0.15, 0.2) is 18.2 Å². The number of ether oxygens (including phenoxy) is 2. The summed E-state index contributed by atoms with van der Waals surface area (Å²) in [7, 11) is 4.15. The Kier molecular flexibility index (Phi) is 6.33. The zero-order valence-corrected chi connectivity index (χ0v) is 13.5. The second-order valence-corrected chi connectivity index (χ2v) is 5.87. The SMILES string of the molecule is CCOc1cc(CNC2CC2)ccc1OCCCN(C)C. The van der Waals surface area contributed by atoms with Gasteiger partial charge in [-0.1, -0.05) is 6.07 Å². The van der Waals surface area contributed by atoms with Crippen LogP contribution in [0.2, 0.25) is 0 Å². The monoisotopic (exact) mass is 292 g/mol. The van der Waals surface area contributed by atoms with Gasteiger partial charge in [0.05, 0.1) is 13.2 Å². The molecule has 0 aromatic heterocycles. The van der Waals surface area contributed by atoms with Gasteiger partial charge in [-0.2, -0.15) is 0 Å². The second kappa shape index (κ2) is 8.25. The van der Waals surface area contributed by atoms with Crippen molar-refractivity contribution in [1.29, 1.82) is 0 Å². The Bertz CT molecular complexity index is 431. The molecule has 1 N–H and O–H groups in total. The number of rotatable bonds is 10. The summed E-state index contributed by atoms with van der Waals surface area (Å²) in [4.78, 5) is 2.17. The molecule has 118 valence electrons. The summed E-state index contributed by atoms with van der Waals surface area (Å²) in [6.45, 7) is 5.33. The fraction of sp³-hybridized carbons (Fsp3) is 0.647. The third kappa shape index (κ3) is 5.94. The predicted molar refractivity (Wildman–Crippen MR) is 86.1 cm³/mol. The molecule has 1 aliphatic rings. The molecule has 0 radical (unpaired) electrons. The van der Waals surface area contributed by atoms with Crippen molar-refractivity contribution in [3.63, 3.8) is 0 Å². The van der Waals surface area contributed by atoms with Crippen molar-refractivity contribution in [3.05, 3.63) is 23.8 Å². The summed E-state index contributed by atoms with van der Waals surface area (Å²) in [5.74, 6) is 1.71. The number of hydrogen-bond acceptors (Lipinski definition) is 4. The van der Waals surface area contributed by atoms with Crippen molar-refractivity contribution < 1.29 is 9.47 Å². The maximum atomic E-state index is 5.86. The van der Waals surface area contributed by atoms with E-state index >= 15 is 0 Å². The van der Waals surface area contributed by atoms with Crippen LogP contribution < -0.4 is 14.8 Å². The molecule has 0 unspecified atom stereocenters. The lowest BCUT2D eigenvalue weighted by Gasteiger charge is -2.15. The van der Waals surface area contributed by atoms with Crippen LogP contribution in [0, 0.1) is 0 Å². The molecule has 1 aliphatic carbocycles. The Morgan fingerprint density at radius 1 is 1.19 bits per heavy atom. The largest absolute Gasteiger partial charge is 0.490 e. The molecule has 0 aliphatic heterocycles. The van der Waals surface area contributed by atoms with Crippen molar-refractivity contribution in [3.8, 4) is 11.5 Å². The molecule has 0 atom stereocenters. The lowest BCUT2D eigenvalue weighted by atomic mass is 10.2. The number of nitrogens with one attached hydrogen (secondary N) is 1. The zero-order valence-electron chi connectivity index (χ0n) is 13.5. The van der Waals surface area contributed by atoms with E-state index in [-0.39, 0.29) is 0 Å². The first-order valence-corrected chi connectivity index (χ1v) is 7.95. The van der Waals surface area contributed by atoms with Gasteiger partial charge in [0.25, 0.3) is 0 Å². The minimum Gasteiger partial charge on any atom is -0.490 e. The third-order valence-corrected chi connectivity index (χ3v) is 3.49. The first-order chi connectivity index (χ1) is 10.2. The minimum absolute atomic E-state index is 0.660. The maximum absolute atomic E-state index is 5.86. The highest BCUT2D eigenvalue weighted by atomic mass is 16.5. The average Bonchev–Trinajstić information content (AvgIpc) is 3.27. The molecular weight excluding hydrogens is 264 g/mol. The molecule has 1 fully saturated rings. The van der Waals surface area contributed by atoms with Gasteiger partial charge >= 0.3 is 0 Å². The van der Waals surface area contributed by atoms with Gasteiger partial charge in [-0.25, -0.2) is 0 Å². The molecule has 1 saturated carbocycles. The molecule has 0 saturated heterocycles. The number of benzene rings is 1. The van der Waals surface area contributed by atoms with Crippen molar-refractivity contribution in [1.82, 2.24) is 10.2 Å². The standard InChI is InChI=1S/C17H28N2O2/c1-4-20-17-12-14(13-18-15-7-8-15)6-9-16(17)21-11-5-10-19(2)3/h6,9,12,15,18H,4-5,7-8,10-11,13H2,1-3H3. The Morgan fingerprint density at radius 3 is 2.67 bits per heavy atom. The van der Waals surface area contributed by atoms with E-state index in [2.05, 4.69) is 36.4 Å². The number of hydrogen-bond donors (Lipinski definition) is 1. The quantitative estimate of drug-likeness (QED) is 0.672. The summed E-state index contributed by atoms with van der Waals surface area (Å²) in [6, 6.07) is 6.98. The van der Waals surface area contributed by atoms with Crippen molar-refractivity contribution in [2.75, 3.05) is 33.9 Å². The molecule has 4 nitrogen and oxygen atoms in total. The molecular formula is C17H28N2O2. The minimum atomic E-state index is 0.660. The van der Waals surface area contributed by atoms with E-state index in [1.807, 2.05) is 13.0 Å². The Hall–Kier alpha value is -1.26. The molecule has 1 aromatic carbocycles. The first kappa shape index (κ1) is 16.1. The van der Waals surface area contributed by atoms with Crippen molar-refractivity contribution >= 4 is 0 Å². The van der Waals surface area contributed by atoms with Gasteiger partial charge in [-0.3, -0.25) is 0 Å². The topological polar surface area (TPSA) is 33.7 Å². The summed E-state index contributed by atoms with van der Waals surface area (Å²) >= 11 is 0. The normalized spacial score (nSPS) is 14.5. The van der Waals surface area contributed by atoms with Gasteiger partial charge < -0.3 is 19.7 Å². The van der Waals surface area contributed by atoms with E-state index in [9.17, 15) is 0 Å². The van der Waals surface area contributed by atoms with Crippen LogP contribution in [-0.2, 0) is 6.54 Å². The smallest absolute Gasteiger partial charge is 0.161 e. The Morgan fingerprint density at radius 2 is 2.00 bits per heavy atom. The predicted octanol–water partition coefficient (Wildman–Crippen LogP) is 2.67. The molecule has 0 heterocycles. The maximum Gasteiger partial charge on any atom is 0.161 e. The van der Waals surface area contributed by atoms with Crippen LogP contribution in [-0.4, -0.2) is 44.8 Å². The van der Waals surface area contributed by atoms with Gasteiger partial charge in [0.1, 0.15) is 0 Å². The molecule has 21 heavy (non-hydrogen) atoms. The highest BCUT2D eigenvalue weighted by Crippen LogP contribution is 2.29. The van der Waals surface area contributed by atoms with E-state index < -0.39 is 0 Å². The summed E-state index contributed by atoms with van der Waals surface area (Å²) in [5.41, 5.74) is 1.26. The lowest BCUT2D eigenvalue weighted by molar-refractivity contribution is 0.258. The van der Waals surface area contributed by atoms with E-state index in [0.29, 0.717) is 6.61 Å². The van der Waals surface area contributed by atoms with Gasteiger partial charge in [-0.15, -0.1) is 0 Å². The van der Waals surface area contributed by atoms with E-state index in [0.717, 1.165) is 43.7 Å². The fourth-order valence-electron chi connectivity index (χ4n) is 2.16. The first-order valence-electron chi connectivity index (χ1n) is 7.95. The molecule has 4 heteroatoms. The van der Waals surface area contributed by atoms with Crippen LogP contribution in [0.25, 0.3) is 0 Å². The molecule has 1 aromatic rings. The molecule has 0 amide bonds. The Balaban J connectivity index is 1.88. The van der Waals surface area contributed by atoms with E-state index in [4.69, 9.17) is 9.47 Å². The molecule has 0 spiro atoms. The highest BCUT2D eigenvalue weighted by molar-refractivity contribution is 5.43. The van der Waals surface area contributed by atoms with Crippen molar-refractivity contribution in [2.45, 2.75) is 38.8 Å². The fourth-order valence-corrected chi connectivity index (χ4v) is 2.16. The van der Waals surface area contributed by atoms with Gasteiger partial charge in [0.2, 0.25) is 0 Å². The highest BCUT2D eigenvalue weighted by Gasteiger charge is 2.20. The van der Waals surface area contributed by atoms with Crippen LogP contribution >= 0.6 is 0 Å². The second-order valence-electron chi connectivity index (χ2n) is 5.87. The average molecular weight is 292 g/mol. The summed E-state index contributed by atoms with van der Waals surface area (Å²) in [5, 5.41) is 3.52. The molecule has 2 rings (SSSR count). The van der Waals surface area contributed by atoms with E-state index in [1.54, 1.807) is 0 Å². The third-order valence-electron chi connectivity index (χ3n) is 3.49.